The number of ether oxygens (including phenoxy) is 1. The van der Waals surface area contributed by atoms with Gasteiger partial charge in [0.25, 0.3) is 0 Å². The summed E-state index contributed by atoms with van der Waals surface area (Å²) in [4.78, 5) is 11.2. The van der Waals surface area contributed by atoms with Crippen molar-refractivity contribution in [2.75, 3.05) is 6.61 Å². The van der Waals surface area contributed by atoms with E-state index < -0.39 is 11.5 Å². The normalized spacial score (nSPS) is 30.9. The maximum Gasteiger partial charge on any atom is 0.315 e. The van der Waals surface area contributed by atoms with Gasteiger partial charge in [0, 0.05) is 12.8 Å². The SMILES string of the molecule is C#CC[C@]1([C@H](C)O)CCOC1=O. The third-order valence-electron chi connectivity index (χ3n) is 2.41. The maximum atomic E-state index is 11.2. The lowest BCUT2D eigenvalue weighted by Gasteiger charge is -2.24. The lowest BCUT2D eigenvalue weighted by atomic mass is 9.78. The summed E-state index contributed by atoms with van der Waals surface area (Å²) in [7, 11) is 0. The van der Waals surface area contributed by atoms with E-state index in [0.29, 0.717) is 13.0 Å². The fraction of sp³-hybridized carbons (Fsp3) is 0.667. The second-order valence-electron chi connectivity index (χ2n) is 3.10. The van der Waals surface area contributed by atoms with Gasteiger partial charge in [0.15, 0.2) is 0 Å². The first-order valence-corrected chi connectivity index (χ1v) is 3.92. The zero-order chi connectivity index (χ0) is 9.19. The molecule has 3 nitrogen and oxygen atoms in total. The number of hydrogen-bond acceptors (Lipinski definition) is 3. The summed E-state index contributed by atoms with van der Waals surface area (Å²) in [6, 6.07) is 0. The Kier molecular flexibility index (Phi) is 2.39. The molecule has 0 saturated carbocycles. The fourth-order valence-electron chi connectivity index (χ4n) is 1.44. The Balaban J connectivity index is 2.87. The molecule has 0 radical (unpaired) electrons. The highest BCUT2D eigenvalue weighted by atomic mass is 16.5. The van der Waals surface area contributed by atoms with Gasteiger partial charge < -0.3 is 9.84 Å². The molecule has 0 bridgehead atoms. The van der Waals surface area contributed by atoms with Gasteiger partial charge in [0.2, 0.25) is 0 Å². The van der Waals surface area contributed by atoms with Gasteiger partial charge >= 0.3 is 5.97 Å². The van der Waals surface area contributed by atoms with E-state index in [2.05, 4.69) is 5.92 Å². The van der Waals surface area contributed by atoms with Crippen molar-refractivity contribution >= 4 is 5.97 Å². The largest absolute Gasteiger partial charge is 0.465 e. The summed E-state index contributed by atoms with van der Waals surface area (Å²) in [5, 5.41) is 9.41. The molecule has 0 aliphatic carbocycles. The first-order chi connectivity index (χ1) is 5.63. The number of carbonyl (C=O) groups is 1. The second-order valence-corrected chi connectivity index (χ2v) is 3.10. The molecule has 12 heavy (non-hydrogen) atoms. The van der Waals surface area contributed by atoms with Gasteiger partial charge in [-0.3, -0.25) is 4.79 Å². The van der Waals surface area contributed by atoms with Crippen LogP contribution in [0.4, 0.5) is 0 Å². The van der Waals surface area contributed by atoms with Crippen LogP contribution in [0.5, 0.6) is 0 Å². The van der Waals surface area contributed by atoms with Crippen molar-refractivity contribution in [2.45, 2.75) is 25.9 Å². The standard InChI is InChI=1S/C9H12O3/c1-3-4-9(7(2)10)5-6-12-8(9)11/h1,7,10H,4-6H2,2H3/t7-,9+/m0/s1. The molecule has 0 spiro atoms. The van der Waals surface area contributed by atoms with Crippen molar-refractivity contribution in [1.82, 2.24) is 0 Å². The van der Waals surface area contributed by atoms with E-state index in [4.69, 9.17) is 11.2 Å². The molecule has 0 aromatic rings. The number of terminal acetylenes is 1. The number of aliphatic hydroxyl groups is 1. The smallest absolute Gasteiger partial charge is 0.315 e. The third-order valence-corrected chi connectivity index (χ3v) is 2.41. The number of aliphatic hydroxyl groups excluding tert-OH is 1. The maximum absolute atomic E-state index is 11.2. The summed E-state index contributed by atoms with van der Waals surface area (Å²) in [6.45, 7) is 1.94. The van der Waals surface area contributed by atoms with Crippen molar-refractivity contribution in [3.05, 3.63) is 0 Å². The zero-order valence-electron chi connectivity index (χ0n) is 7.04. The van der Waals surface area contributed by atoms with Crippen molar-refractivity contribution in [1.29, 1.82) is 0 Å². The van der Waals surface area contributed by atoms with Crippen LogP contribution in [0.1, 0.15) is 19.8 Å². The molecule has 1 heterocycles. The lowest BCUT2D eigenvalue weighted by Crippen LogP contribution is -2.37. The van der Waals surface area contributed by atoms with Crippen LogP contribution in [0.25, 0.3) is 0 Å². The van der Waals surface area contributed by atoms with E-state index in [1.165, 1.54) is 0 Å². The highest BCUT2D eigenvalue weighted by Crippen LogP contribution is 2.36. The van der Waals surface area contributed by atoms with Crippen LogP contribution in [0.2, 0.25) is 0 Å². The summed E-state index contributed by atoms with van der Waals surface area (Å²) in [5.41, 5.74) is -0.839. The molecule has 1 fully saturated rings. The molecule has 0 amide bonds. The summed E-state index contributed by atoms with van der Waals surface area (Å²) in [6.07, 6.45) is 5.17. The highest BCUT2D eigenvalue weighted by Gasteiger charge is 2.47. The van der Waals surface area contributed by atoms with Crippen LogP contribution in [-0.4, -0.2) is 23.8 Å². The molecule has 2 atom stereocenters. The van der Waals surface area contributed by atoms with Crippen LogP contribution in [-0.2, 0) is 9.53 Å². The monoisotopic (exact) mass is 168 g/mol. The summed E-state index contributed by atoms with van der Waals surface area (Å²) >= 11 is 0. The molecule has 1 aliphatic heterocycles. The van der Waals surface area contributed by atoms with Crippen molar-refractivity contribution in [2.24, 2.45) is 5.41 Å². The van der Waals surface area contributed by atoms with Gasteiger partial charge in [-0.2, -0.15) is 0 Å². The summed E-state index contributed by atoms with van der Waals surface area (Å²) < 4.78 is 4.79. The van der Waals surface area contributed by atoms with Gasteiger partial charge in [-0.05, 0) is 6.92 Å². The second kappa shape index (κ2) is 3.16. The average molecular weight is 168 g/mol. The Labute approximate surface area is 71.7 Å². The van der Waals surface area contributed by atoms with Crippen LogP contribution in [0.15, 0.2) is 0 Å². The Morgan fingerprint density at radius 3 is 2.92 bits per heavy atom. The number of rotatable bonds is 2. The minimum atomic E-state index is -0.839. The average Bonchev–Trinajstić information content (AvgIpc) is 2.34. The van der Waals surface area contributed by atoms with Crippen molar-refractivity contribution < 1.29 is 14.6 Å². The molecular formula is C9H12O3. The molecule has 3 heteroatoms. The minimum absolute atomic E-state index is 0.253. The summed E-state index contributed by atoms with van der Waals surface area (Å²) in [5.74, 6) is 2.04. The van der Waals surface area contributed by atoms with E-state index in [0.717, 1.165) is 0 Å². The molecule has 1 rings (SSSR count). The lowest BCUT2D eigenvalue weighted by molar-refractivity contribution is -0.150. The first-order valence-electron chi connectivity index (χ1n) is 3.92. The molecule has 0 unspecified atom stereocenters. The Morgan fingerprint density at radius 1 is 1.92 bits per heavy atom. The molecule has 0 aromatic heterocycles. The predicted molar refractivity (Wildman–Crippen MR) is 43.1 cm³/mol. The van der Waals surface area contributed by atoms with Gasteiger partial charge in [-0.25, -0.2) is 0 Å². The highest BCUT2D eigenvalue weighted by molar-refractivity contribution is 5.79. The van der Waals surface area contributed by atoms with E-state index in [9.17, 15) is 9.90 Å². The van der Waals surface area contributed by atoms with Gasteiger partial charge in [-0.1, -0.05) is 0 Å². The topological polar surface area (TPSA) is 46.5 Å². The molecule has 1 saturated heterocycles. The van der Waals surface area contributed by atoms with Crippen molar-refractivity contribution in [3.8, 4) is 12.3 Å². The molecular weight excluding hydrogens is 156 g/mol. The van der Waals surface area contributed by atoms with Crippen LogP contribution >= 0.6 is 0 Å². The van der Waals surface area contributed by atoms with E-state index in [1.807, 2.05) is 0 Å². The number of esters is 1. The van der Waals surface area contributed by atoms with E-state index >= 15 is 0 Å². The van der Waals surface area contributed by atoms with E-state index in [-0.39, 0.29) is 12.4 Å². The van der Waals surface area contributed by atoms with Crippen LogP contribution in [0, 0.1) is 17.8 Å². The van der Waals surface area contributed by atoms with Gasteiger partial charge in [0.1, 0.15) is 5.41 Å². The minimum Gasteiger partial charge on any atom is -0.465 e. The number of cyclic esters (lactones) is 1. The molecule has 1 aliphatic rings. The number of hydrogen-bond donors (Lipinski definition) is 1. The first kappa shape index (κ1) is 9.08. The van der Waals surface area contributed by atoms with Gasteiger partial charge in [0.05, 0.1) is 12.7 Å². The Hall–Kier alpha value is -1.01. The third kappa shape index (κ3) is 1.19. The van der Waals surface area contributed by atoms with Gasteiger partial charge in [-0.15, -0.1) is 12.3 Å². The molecule has 66 valence electrons. The molecule has 0 aromatic carbocycles. The Morgan fingerprint density at radius 2 is 2.58 bits per heavy atom. The fourth-order valence-corrected chi connectivity index (χ4v) is 1.44. The quantitative estimate of drug-likeness (QED) is 0.477. The van der Waals surface area contributed by atoms with Crippen molar-refractivity contribution in [3.63, 3.8) is 0 Å². The van der Waals surface area contributed by atoms with Crippen LogP contribution < -0.4 is 0 Å². The molecule has 1 N–H and O–H groups in total. The predicted octanol–water partition coefficient (Wildman–Crippen LogP) is 0.324. The number of carbonyl (C=O) groups excluding carboxylic acids is 1. The van der Waals surface area contributed by atoms with E-state index in [1.54, 1.807) is 6.92 Å². The Bertz CT molecular complexity index is 226. The zero-order valence-corrected chi connectivity index (χ0v) is 7.04. The van der Waals surface area contributed by atoms with Crippen LogP contribution in [0.3, 0.4) is 0 Å².